The number of halogens is 3. The number of hydrogen-bond acceptors (Lipinski definition) is 7. The molecule has 3 heterocycles. The third kappa shape index (κ3) is 8.81. The summed E-state index contributed by atoms with van der Waals surface area (Å²) in [6, 6.07) is 13.7. The van der Waals surface area contributed by atoms with Crippen molar-refractivity contribution >= 4 is 29.2 Å². The van der Waals surface area contributed by atoms with Crippen LogP contribution in [0.1, 0.15) is 59.3 Å². The predicted octanol–water partition coefficient (Wildman–Crippen LogP) is 8.01. The maximum Gasteiger partial charge on any atom is 0.416 e. The Bertz CT molecular complexity index is 1890. The number of aryl methyl sites for hydroxylation is 2. The molecule has 6 rings (SSSR count). The van der Waals surface area contributed by atoms with Gasteiger partial charge in [0, 0.05) is 53.0 Å². The van der Waals surface area contributed by atoms with E-state index in [0.29, 0.717) is 23.0 Å². The minimum atomic E-state index is -4.60. The SMILES string of the molecule is Cc1cn(-c2cc(NC(=O)c3ccc(C)c(Nc4nccc(-c5cccnc5)n4)c3)cc(C(F)(F)F)c2)cn1.O=C(O)C1CCCCC1. The summed E-state index contributed by atoms with van der Waals surface area (Å²) in [4.78, 5) is 40.4. The molecule has 13 heteroatoms. The number of rotatable bonds is 7. The Balaban J connectivity index is 0.000000434. The van der Waals surface area contributed by atoms with Crippen LogP contribution in [-0.4, -0.2) is 41.5 Å². The van der Waals surface area contributed by atoms with Gasteiger partial charge >= 0.3 is 12.1 Å². The fraction of sp³-hybridized carbons (Fsp3) is 0.257. The summed E-state index contributed by atoms with van der Waals surface area (Å²) < 4.78 is 42.3. The normalized spacial score (nSPS) is 13.3. The molecule has 248 valence electrons. The minimum absolute atomic E-state index is 0.00114. The van der Waals surface area contributed by atoms with E-state index in [1.54, 1.807) is 62.0 Å². The van der Waals surface area contributed by atoms with Crippen LogP contribution in [0.2, 0.25) is 0 Å². The van der Waals surface area contributed by atoms with Gasteiger partial charge in [-0.2, -0.15) is 13.2 Å². The second kappa shape index (κ2) is 14.9. The first-order valence-corrected chi connectivity index (χ1v) is 15.3. The van der Waals surface area contributed by atoms with Gasteiger partial charge in [0.1, 0.15) is 0 Å². The number of nitrogens with zero attached hydrogens (tertiary/aromatic N) is 5. The monoisotopic (exact) mass is 657 g/mol. The molecule has 0 bridgehead atoms. The number of pyridine rings is 1. The van der Waals surface area contributed by atoms with E-state index in [9.17, 15) is 22.8 Å². The summed E-state index contributed by atoms with van der Waals surface area (Å²) in [6.07, 6.45) is 8.62. The van der Waals surface area contributed by atoms with Crippen LogP contribution in [0.3, 0.4) is 0 Å². The van der Waals surface area contributed by atoms with E-state index < -0.39 is 23.6 Å². The molecule has 1 saturated carbocycles. The van der Waals surface area contributed by atoms with Crippen molar-refractivity contribution in [2.75, 3.05) is 10.6 Å². The van der Waals surface area contributed by atoms with Crippen LogP contribution in [0.4, 0.5) is 30.5 Å². The Kier molecular flexibility index (Phi) is 10.5. The van der Waals surface area contributed by atoms with Crippen LogP contribution in [0.5, 0.6) is 0 Å². The summed E-state index contributed by atoms with van der Waals surface area (Å²) in [5.74, 6) is -0.890. The number of benzene rings is 2. The molecule has 1 amide bonds. The number of anilines is 3. The molecule has 5 aromatic rings. The number of carboxylic acids is 1. The second-order valence-corrected chi connectivity index (χ2v) is 11.5. The van der Waals surface area contributed by atoms with Crippen molar-refractivity contribution in [3.63, 3.8) is 0 Å². The highest BCUT2D eigenvalue weighted by atomic mass is 19.4. The number of carbonyl (C=O) groups is 2. The first-order valence-electron chi connectivity index (χ1n) is 15.3. The number of aliphatic carboxylic acids is 1. The Morgan fingerprint density at radius 1 is 0.958 bits per heavy atom. The van der Waals surface area contributed by atoms with Gasteiger partial charge in [0.25, 0.3) is 5.91 Å². The Labute approximate surface area is 275 Å². The van der Waals surface area contributed by atoms with Gasteiger partial charge in [-0.1, -0.05) is 25.3 Å². The highest BCUT2D eigenvalue weighted by Gasteiger charge is 2.31. The summed E-state index contributed by atoms with van der Waals surface area (Å²) in [5, 5.41) is 14.3. The average molecular weight is 658 g/mol. The molecule has 0 radical (unpaired) electrons. The Morgan fingerprint density at radius 2 is 1.75 bits per heavy atom. The molecule has 3 N–H and O–H groups in total. The predicted molar refractivity (Wildman–Crippen MR) is 175 cm³/mol. The van der Waals surface area contributed by atoms with Crippen LogP contribution >= 0.6 is 0 Å². The van der Waals surface area contributed by atoms with Crippen molar-refractivity contribution in [2.24, 2.45) is 5.92 Å². The largest absolute Gasteiger partial charge is 0.481 e. The summed E-state index contributed by atoms with van der Waals surface area (Å²) in [6.45, 7) is 3.58. The number of imidazole rings is 1. The summed E-state index contributed by atoms with van der Waals surface area (Å²) >= 11 is 0. The highest BCUT2D eigenvalue weighted by molar-refractivity contribution is 6.05. The van der Waals surface area contributed by atoms with Gasteiger partial charge in [-0.3, -0.25) is 14.6 Å². The second-order valence-electron chi connectivity index (χ2n) is 11.5. The van der Waals surface area contributed by atoms with Gasteiger partial charge in [0.2, 0.25) is 5.95 Å². The lowest BCUT2D eigenvalue weighted by atomic mass is 9.90. The van der Waals surface area contributed by atoms with E-state index in [2.05, 4.69) is 30.6 Å². The quantitative estimate of drug-likeness (QED) is 0.160. The van der Waals surface area contributed by atoms with Crippen LogP contribution < -0.4 is 10.6 Å². The van der Waals surface area contributed by atoms with Crippen LogP contribution in [-0.2, 0) is 11.0 Å². The molecule has 1 aliphatic carbocycles. The van der Waals surface area contributed by atoms with Gasteiger partial charge in [0.05, 0.1) is 29.2 Å². The van der Waals surface area contributed by atoms with Crippen molar-refractivity contribution < 1.29 is 27.9 Å². The number of carboxylic acid groups (broad SMARTS) is 1. The Hall–Kier alpha value is -5.59. The van der Waals surface area contributed by atoms with Gasteiger partial charge in [-0.25, -0.2) is 15.0 Å². The van der Waals surface area contributed by atoms with Gasteiger partial charge in [-0.05, 0) is 80.8 Å². The topological polar surface area (TPSA) is 135 Å². The maximum absolute atomic E-state index is 13.6. The molecule has 0 aliphatic heterocycles. The van der Waals surface area contributed by atoms with E-state index >= 15 is 0 Å². The third-order valence-corrected chi connectivity index (χ3v) is 7.83. The molecular weight excluding hydrogens is 623 g/mol. The fourth-order valence-electron chi connectivity index (χ4n) is 5.22. The first kappa shape index (κ1) is 33.8. The lowest BCUT2D eigenvalue weighted by Crippen LogP contribution is -2.16. The molecule has 0 atom stereocenters. The average Bonchev–Trinajstić information content (AvgIpc) is 3.52. The van der Waals surface area contributed by atoms with Gasteiger partial charge in [0.15, 0.2) is 0 Å². The number of carbonyl (C=O) groups excluding carboxylic acids is 1. The van der Waals surface area contributed by atoms with Gasteiger partial charge in [-0.15, -0.1) is 0 Å². The zero-order chi connectivity index (χ0) is 34.3. The zero-order valence-corrected chi connectivity index (χ0v) is 26.3. The molecule has 1 fully saturated rings. The first-order chi connectivity index (χ1) is 23.0. The van der Waals surface area contributed by atoms with E-state index in [4.69, 9.17) is 5.11 Å². The van der Waals surface area contributed by atoms with Crippen LogP contribution in [0.25, 0.3) is 16.9 Å². The van der Waals surface area contributed by atoms with Crippen molar-refractivity contribution in [3.8, 4) is 16.9 Å². The van der Waals surface area contributed by atoms with E-state index in [1.807, 2.05) is 13.0 Å². The molecule has 2 aromatic carbocycles. The lowest BCUT2D eigenvalue weighted by Gasteiger charge is -2.16. The number of nitrogens with one attached hydrogen (secondary N) is 2. The molecule has 3 aromatic heterocycles. The molecule has 0 spiro atoms. The number of amides is 1. The summed E-state index contributed by atoms with van der Waals surface area (Å²) in [7, 11) is 0. The number of hydrogen-bond donors (Lipinski definition) is 3. The zero-order valence-electron chi connectivity index (χ0n) is 26.3. The molecule has 1 aliphatic rings. The van der Waals surface area contributed by atoms with Crippen LogP contribution in [0.15, 0.2) is 85.7 Å². The molecular formula is C35H34F3N7O3. The van der Waals surface area contributed by atoms with Gasteiger partial charge < -0.3 is 20.3 Å². The van der Waals surface area contributed by atoms with E-state index in [-0.39, 0.29) is 22.9 Å². The van der Waals surface area contributed by atoms with Crippen molar-refractivity contribution in [1.29, 1.82) is 0 Å². The Morgan fingerprint density at radius 3 is 2.40 bits per heavy atom. The molecule has 48 heavy (non-hydrogen) atoms. The van der Waals surface area contributed by atoms with Crippen molar-refractivity contribution in [3.05, 3.63) is 108 Å². The molecule has 10 nitrogen and oxygen atoms in total. The molecule has 0 unspecified atom stereocenters. The maximum atomic E-state index is 13.6. The summed E-state index contributed by atoms with van der Waals surface area (Å²) in [5.41, 5.74) is 3.09. The van der Waals surface area contributed by atoms with Crippen molar-refractivity contribution in [1.82, 2.24) is 24.5 Å². The lowest BCUT2D eigenvalue weighted by molar-refractivity contribution is -0.142. The van der Waals surface area contributed by atoms with E-state index in [1.165, 1.54) is 23.4 Å². The fourth-order valence-corrected chi connectivity index (χ4v) is 5.22. The van der Waals surface area contributed by atoms with Crippen LogP contribution in [0, 0.1) is 19.8 Å². The highest BCUT2D eigenvalue weighted by Crippen LogP contribution is 2.33. The smallest absolute Gasteiger partial charge is 0.416 e. The standard InChI is InChI=1S/C28H22F3N7O.C7H12O2/c1-17-5-6-19(10-25(17)37-27-33-9-7-24(36-27)20-4-3-8-32-14-20)26(39)35-22-11-21(28(29,30)31)12-23(13-22)38-15-18(2)34-16-38;8-7(9)6-4-2-1-3-5-6/h3-16H,1-2H3,(H,35,39)(H,33,36,37);6H,1-5H2,(H,8,9). The number of aromatic nitrogens is 5. The van der Waals surface area contributed by atoms with Crippen molar-refractivity contribution in [2.45, 2.75) is 52.1 Å². The minimum Gasteiger partial charge on any atom is -0.481 e. The van der Waals surface area contributed by atoms with E-state index in [0.717, 1.165) is 48.9 Å². The molecule has 0 saturated heterocycles. The third-order valence-electron chi connectivity index (χ3n) is 7.83. The number of alkyl halides is 3.